The summed E-state index contributed by atoms with van der Waals surface area (Å²) in [5.74, 6) is 0.413. The van der Waals surface area contributed by atoms with Crippen LogP contribution in [-0.4, -0.2) is 45.8 Å². The molecule has 0 aliphatic carbocycles. The highest BCUT2D eigenvalue weighted by Crippen LogP contribution is 2.16. The first-order chi connectivity index (χ1) is 9.07. The van der Waals surface area contributed by atoms with Crippen LogP contribution in [0.5, 0.6) is 0 Å². The summed E-state index contributed by atoms with van der Waals surface area (Å²) in [7, 11) is -3.34. The van der Waals surface area contributed by atoms with Crippen molar-refractivity contribution in [1.29, 1.82) is 0 Å². The van der Waals surface area contributed by atoms with E-state index in [-0.39, 0.29) is 11.7 Å². The van der Waals surface area contributed by atoms with Gasteiger partial charge in [-0.15, -0.1) is 0 Å². The van der Waals surface area contributed by atoms with Crippen molar-refractivity contribution in [3.8, 4) is 0 Å². The van der Waals surface area contributed by atoms with E-state index in [1.807, 2.05) is 0 Å². The number of sulfonamides is 1. The zero-order chi connectivity index (χ0) is 13.7. The first-order valence-corrected chi connectivity index (χ1v) is 8.70. The summed E-state index contributed by atoms with van der Waals surface area (Å²) >= 11 is 0. The molecule has 1 amide bonds. The molecular formula is C12H23N3O3S. The molecule has 0 aromatic rings. The lowest BCUT2D eigenvalue weighted by Gasteiger charge is -2.24. The average molecular weight is 289 g/mol. The van der Waals surface area contributed by atoms with Crippen molar-refractivity contribution in [3.05, 3.63) is 0 Å². The van der Waals surface area contributed by atoms with Gasteiger partial charge in [0.25, 0.3) is 0 Å². The molecule has 0 spiro atoms. The number of carbonyl (C=O) groups is 1. The Morgan fingerprint density at radius 1 is 1.16 bits per heavy atom. The maximum absolute atomic E-state index is 12.0. The van der Waals surface area contributed by atoms with Gasteiger partial charge in [0.1, 0.15) is 6.04 Å². The molecular weight excluding hydrogens is 266 g/mol. The Labute approximate surface area is 114 Å². The molecule has 0 aromatic heterocycles. The molecule has 0 radical (unpaired) electrons. The van der Waals surface area contributed by atoms with Gasteiger partial charge in [-0.3, -0.25) is 4.79 Å². The standard InChI is InChI=1S/C12H23N3O3S/c16-12-11(2-1-6-14-12)15-19(17,18)9-5-10-3-7-13-8-4-10/h10-11,13,15H,1-9H2,(H,14,16). The second-order valence-electron chi connectivity index (χ2n) is 5.40. The Bertz CT molecular complexity index is 404. The molecule has 7 heteroatoms. The van der Waals surface area contributed by atoms with Crippen molar-refractivity contribution < 1.29 is 13.2 Å². The third-order valence-electron chi connectivity index (χ3n) is 3.86. The fourth-order valence-corrected chi connectivity index (χ4v) is 4.07. The van der Waals surface area contributed by atoms with Crippen LogP contribution in [0.4, 0.5) is 0 Å². The molecule has 1 atom stereocenters. The van der Waals surface area contributed by atoms with Gasteiger partial charge in [-0.25, -0.2) is 13.1 Å². The maximum Gasteiger partial charge on any atom is 0.238 e. The summed E-state index contributed by atoms with van der Waals surface area (Å²) in [5.41, 5.74) is 0. The molecule has 110 valence electrons. The molecule has 1 unspecified atom stereocenters. The Morgan fingerprint density at radius 2 is 1.89 bits per heavy atom. The molecule has 3 N–H and O–H groups in total. The van der Waals surface area contributed by atoms with E-state index in [9.17, 15) is 13.2 Å². The second-order valence-corrected chi connectivity index (χ2v) is 7.28. The van der Waals surface area contributed by atoms with Crippen LogP contribution in [-0.2, 0) is 14.8 Å². The van der Waals surface area contributed by atoms with E-state index in [1.165, 1.54) is 0 Å². The number of hydrogen-bond acceptors (Lipinski definition) is 4. The minimum absolute atomic E-state index is 0.126. The fourth-order valence-electron chi connectivity index (χ4n) is 2.65. The average Bonchev–Trinajstić information content (AvgIpc) is 2.40. The summed E-state index contributed by atoms with van der Waals surface area (Å²) in [5, 5.41) is 5.95. The van der Waals surface area contributed by atoms with Crippen LogP contribution in [0.1, 0.15) is 32.1 Å². The van der Waals surface area contributed by atoms with Crippen molar-refractivity contribution in [1.82, 2.24) is 15.4 Å². The topological polar surface area (TPSA) is 87.3 Å². The highest BCUT2D eigenvalue weighted by atomic mass is 32.2. The first-order valence-electron chi connectivity index (χ1n) is 7.05. The minimum atomic E-state index is -3.34. The number of piperidine rings is 2. The van der Waals surface area contributed by atoms with Gasteiger partial charge in [-0.05, 0) is 51.1 Å². The SMILES string of the molecule is O=C1NCCCC1NS(=O)(=O)CCC1CCNCC1. The summed E-state index contributed by atoms with van der Waals surface area (Å²) in [6.45, 7) is 2.60. The lowest BCUT2D eigenvalue weighted by molar-refractivity contribution is -0.124. The molecule has 0 aromatic carbocycles. The fraction of sp³-hybridized carbons (Fsp3) is 0.917. The highest BCUT2D eigenvalue weighted by molar-refractivity contribution is 7.89. The van der Waals surface area contributed by atoms with Crippen LogP contribution in [0.2, 0.25) is 0 Å². The molecule has 2 fully saturated rings. The van der Waals surface area contributed by atoms with E-state index in [0.29, 0.717) is 25.3 Å². The van der Waals surface area contributed by atoms with Gasteiger partial charge in [-0.2, -0.15) is 0 Å². The third-order valence-corrected chi connectivity index (χ3v) is 5.28. The van der Waals surface area contributed by atoms with Gasteiger partial charge < -0.3 is 10.6 Å². The smallest absolute Gasteiger partial charge is 0.238 e. The Balaban J connectivity index is 1.78. The van der Waals surface area contributed by atoms with Crippen LogP contribution < -0.4 is 15.4 Å². The number of rotatable bonds is 5. The van der Waals surface area contributed by atoms with Crippen LogP contribution in [0.25, 0.3) is 0 Å². The van der Waals surface area contributed by atoms with Crippen LogP contribution >= 0.6 is 0 Å². The van der Waals surface area contributed by atoms with Gasteiger partial charge >= 0.3 is 0 Å². The van der Waals surface area contributed by atoms with E-state index >= 15 is 0 Å². The molecule has 6 nitrogen and oxygen atoms in total. The van der Waals surface area contributed by atoms with E-state index in [1.54, 1.807) is 0 Å². The second kappa shape index (κ2) is 6.67. The largest absolute Gasteiger partial charge is 0.355 e. The van der Waals surface area contributed by atoms with E-state index in [4.69, 9.17) is 0 Å². The summed E-state index contributed by atoms with van der Waals surface area (Å²) in [6, 6.07) is -0.577. The number of hydrogen-bond donors (Lipinski definition) is 3. The van der Waals surface area contributed by atoms with Crippen molar-refractivity contribution in [3.63, 3.8) is 0 Å². The normalized spacial score (nSPS) is 26.1. The third kappa shape index (κ3) is 4.74. The van der Waals surface area contributed by atoms with Crippen molar-refractivity contribution >= 4 is 15.9 Å². The van der Waals surface area contributed by atoms with Crippen molar-refractivity contribution in [2.75, 3.05) is 25.4 Å². The van der Waals surface area contributed by atoms with Crippen LogP contribution in [0.3, 0.4) is 0 Å². The molecule has 2 heterocycles. The number of amides is 1. The molecule has 2 rings (SSSR count). The molecule has 2 aliphatic heterocycles. The van der Waals surface area contributed by atoms with Gasteiger partial charge in [0.15, 0.2) is 0 Å². The summed E-state index contributed by atoms with van der Waals surface area (Å²) in [4.78, 5) is 11.5. The number of nitrogens with one attached hydrogen (secondary N) is 3. The molecule has 2 saturated heterocycles. The maximum atomic E-state index is 12.0. The van der Waals surface area contributed by atoms with Crippen molar-refractivity contribution in [2.45, 2.75) is 38.1 Å². The molecule has 0 saturated carbocycles. The van der Waals surface area contributed by atoms with E-state index in [2.05, 4.69) is 15.4 Å². The zero-order valence-electron chi connectivity index (χ0n) is 11.2. The zero-order valence-corrected chi connectivity index (χ0v) is 12.0. The Morgan fingerprint density at radius 3 is 2.58 bits per heavy atom. The lowest BCUT2D eigenvalue weighted by atomic mass is 9.96. The minimum Gasteiger partial charge on any atom is -0.355 e. The molecule has 0 bridgehead atoms. The van der Waals surface area contributed by atoms with Crippen LogP contribution in [0, 0.1) is 5.92 Å². The van der Waals surface area contributed by atoms with Gasteiger partial charge in [0, 0.05) is 6.54 Å². The lowest BCUT2D eigenvalue weighted by Crippen LogP contribution is -2.50. The quantitative estimate of drug-likeness (QED) is 0.641. The number of carbonyl (C=O) groups excluding carboxylic acids is 1. The van der Waals surface area contributed by atoms with Gasteiger partial charge in [0.2, 0.25) is 15.9 Å². The summed E-state index contributed by atoms with van der Waals surface area (Å²) in [6.07, 6.45) is 4.19. The van der Waals surface area contributed by atoms with E-state index < -0.39 is 16.1 Å². The first kappa shape index (κ1) is 14.7. The predicted octanol–water partition coefficient (Wildman–Crippen LogP) is -0.426. The van der Waals surface area contributed by atoms with Crippen LogP contribution in [0.15, 0.2) is 0 Å². The molecule has 19 heavy (non-hydrogen) atoms. The van der Waals surface area contributed by atoms with Gasteiger partial charge in [-0.1, -0.05) is 0 Å². The highest BCUT2D eigenvalue weighted by Gasteiger charge is 2.27. The molecule has 2 aliphatic rings. The summed E-state index contributed by atoms with van der Waals surface area (Å²) < 4.78 is 26.5. The van der Waals surface area contributed by atoms with E-state index in [0.717, 1.165) is 32.4 Å². The Kier molecular flexibility index (Phi) is 5.18. The van der Waals surface area contributed by atoms with Crippen molar-refractivity contribution in [2.24, 2.45) is 5.92 Å². The predicted molar refractivity (Wildman–Crippen MR) is 73.2 cm³/mol. The van der Waals surface area contributed by atoms with Gasteiger partial charge in [0.05, 0.1) is 5.75 Å². The Hall–Kier alpha value is -0.660. The monoisotopic (exact) mass is 289 g/mol.